The number of hydrogen-bond donors (Lipinski definition) is 2. The van der Waals surface area contributed by atoms with Crippen LogP contribution in [0.5, 0.6) is 5.75 Å². The van der Waals surface area contributed by atoms with Crippen LogP contribution in [-0.2, 0) is 14.3 Å². The van der Waals surface area contributed by atoms with E-state index in [0.717, 1.165) is 26.0 Å². The van der Waals surface area contributed by atoms with Crippen molar-refractivity contribution in [2.75, 3.05) is 38.2 Å². The standard InChI is InChI=1S/C16H21FN2O4/c17-11-3-4-14(23-10-12-2-1-6-21-12)13(8-11)19-16(20)15-9-18-5-7-22-15/h3-4,8,12,15,18H,1-2,5-7,9-10H2,(H,19,20). The third kappa shape index (κ3) is 4.40. The predicted molar refractivity (Wildman–Crippen MR) is 82.1 cm³/mol. The van der Waals surface area contributed by atoms with E-state index in [9.17, 15) is 9.18 Å². The van der Waals surface area contributed by atoms with E-state index in [1.807, 2.05) is 0 Å². The molecule has 2 aliphatic rings. The molecule has 1 amide bonds. The number of anilines is 1. The lowest BCUT2D eigenvalue weighted by atomic mass is 10.2. The van der Waals surface area contributed by atoms with E-state index in [1.165, 1.54) is 18.2 Å². The molecule has 0 saturated carbocycles. The monoisotopic (exact) mass is 324 g/mol. The number of nitrogens with one attached hydrogen (secondary N) is 2. The number of halogens is 1. The lowest BCUT2D eigenvalue weighted by molar-refractivity contribution is -0.128. The van der Waals surface area contributed by atoms with Crippen molar-refractivity contribution in [2.24, 2.45) is 0 Å². The van der Waals surface area contributed by atoms with Crippen LogP contribution < -0.4 is 15.4 Å². The zero-order chi connectivity index (χ0) is 16.1. The summed E-state index contributed by atoms with van der Waals surface area (Å²) in [4.78, 5) is 12.2. The van der Waals surface area contributed by atoms with Crippen LogP contribution in [0.1, 0.15) is 12.8 Å². The third-order valence-electron chi connectivity index (χ3n) is 3.87. The van der Waals surface area contributed by atoms with E-state index in [2.05, 4.69) is 10.6 Å². The Morgan fingerprint density at radius 3 is 3.04 bits per heavy atom. The predicted octanol–water partition coefficient (Wildman–Crippen LogP) is 1.31. The fraction of sp³-hybridized carbons (Fsp3) is 0.562. The van der Waals surface area contributed by atoms with Crippen LogP contribution in [0, 0.1) is 5.82 Å². The van der Waals surface area contributed by atoms with E-state index in [1.54, 1.807) is 0 Å². The van der Waals surface area contributed by atoms with Crippen LogP contribution in [-0.4, -0.2) is 51.0 Å². The minimum absolute atomic E-state index is 0.0504. The molecular formula is C16H21FN2O4. The molecule has 0 spiro atoms. The van der Waals surface area contributed by atoms with E-state index in [-0.39, 0.29) is 12.0 Å². The van der Waals surface area contributed by atoms with Gasteiger partial charge in [-0.2, -0.15) is 0 Å². The Labute approximate surface area is 134 Å². The van der Waals surface area contributed by atoms with Gasteiger partial charge in [-0.3, -0.25) is 4.79 Å². The summed E-state index contributed by atoms with van der Waals surface area (Å²) in [6, 6.07) is 4.07. The van der Waals surface area contributed by atoms with E-state index < -0.39 is 11.9 Å². The van der Waals surface area contributed by atoms with Gasteiger partial charge in [0.15, 0.2) is 0 Å². The second-order valence-electron chi connectivity index (χ2n) is 5.64. The van der Waals surface area contributed by atoms with Crippen LogP contribution in [0.3, 0.4) is 0 Å². The number of amides is 1. The molecule has 1 aromatic carbocycles. The maximum Gasteiger partial charge on any atom is 0.254 e. The average Bonchev–Trinajstić information content (AvgIpc) is 3.08. The fourth-order valence-corrected chi connectivity index (χ4v) is 2.63. The van der Waals surface area contributed by atoms with Crippen molar-refractivity contribution in [1.29, 1.82) is 0 Å². The van der Waals surface area contributed by atoms with Crippen molar-refractivity contribution in [3.63, 3.8) is 0 Å². The number of carbonyl (C=O) groups is 1. The minimum atomic E-state index is -0.585. The summed E-state index contributed by atoms with van der Waals surface area (Å²) in [6.07, 6.45) is 1.44. The van der Waals surface area contributed by atoms with Crippen LogP contribution in [0.2, 0.25) is 0 Å². The van der Waals surface area contributed by atoms with E-state index in [4.69, 9.17) is 14.2 Å². The number of carbonyl (C=O) groups excluding carboxylic acids is 1. The molecule has 7 heteroatoms. The normalized spacial score (nSPS) is 24.4. The van der Waals surface area contributed by atoms with Gasteiger partial charge in [-0.25, -0.2) is 4.39 Å². The van der Waals surface area contributed by atoms with Crippen molar-refractivity contribution in [1.82, 2.24) is 5.32 Å². The van der Waals surface area contributed by atoms with Gasteiger partial charge in [0.05, 0.1) is 18.4 Å². The molecule has 0 bridgehead atoms. The highest BCUT2D eigenvalue weighted by Crippen LogP contribution is 2.27. The molecule has 0 aliphatic carbocycles. The molecule has 6 nitrogen and oxygen atoms in total. The molecule has 2 heterocycles. The first kappa shape index (κ1) is 16.2. The molecule has 3 rings (SSSR count). The highest BCUT2D eigenvalue weighted by molar-refractivity contribution is 5.95. The summed E-state index contributed by atoms with van der Waals surface area (Å²) in [6.45, 7) is 2.76. The highest BCUT2D eigenvalue weighted by Gasteiger charge is 2.23. The first-order valence-corrected chi connectivity index (χ1v) is 7.89. The van der Waals surface area contributed by atoms with Gasteiger partial charge in [-0.05, 0) is 25.0 Å². The molecule has 0 aromatic heterocycles. The number of ether oxygens (including phenoxy) is 3. The van der Waals surface area contributed by atoms with E-state index >= 15 is 0 Å². The molecular weight excluding hydrogens is 303 g/mol. The lowest BCUT2D eigenvalue weighted by Crippen LogP contribution is -2.45. The Balaban J connectivity index is 1.64. The molecule has 23 heavy (non-hydrogen) atoms. The average molecular weight is 324 g/mol. The second-order valence-corrected chi connectivity index (χ2v) is 5.64. The van der Waals surface area contributed by atoms with Crippen LogP contribution >= 0.6 is 0 Å². The lowest BCUT2D eigenvalue weighted by Gasteiger charge is -2.23. The Hall–Kier alpha value is -1.70. The number of morpholine rings is 1. The zero-order valence-corrected chi connectivity index (χ0v) is 12.8. The van der Waals surface area contributed by atoms with Gasteiger partial charge in [-0.15, -0.1) is 0 Å². The Morgan fingerprint density at radius 1 is 1.39 bits per heavy atom. The van der Waals surface area contributed by atoms with E-state index in [0.29, 0.717) is 31.2 Å². The van der Waals surface area contributed by atoms with Crippen molar-refractivity contribution in [2.45, 2.75) is 25.0 Å². The summed E-state index contributed by atoms with van der Waals surface area (Å²) in [7, 11) is 0. The quantitative estimate of drug-likeness (QED) is 0.855. The van der Waals surface area contributed by atoms with Gasteiger partial charge in [0.2, 0.25) is 0 Å². The van der Waals surface area contributed by atoms with Gasteiger partial charge in [0, 0.05) is 25.8 Å². The summed E-state index contributed by atoms with van der Waals surface area (Å²) in [5.41, 5.74) is 0.308. The zero-order valence-electron chi connectivity index (χ0n) is 12.8. The molecule has 2 N–H and O–H groups in total. The van der Waals surface area contributed by atoms with Crippen molar-refractivity contribution in [3.8, 4) is 5.75 Å². The van der Waals surface area contributed by atoms with Crippen LogP contribution in [0.25, 0.3) is 0 Å². The second kappa shape index (κ2) is 7.72. The maximum atomic E-state index is 13.5. The van der Waals surface area contributed by atoms with Gasteiger partial charge >= 0.3 is 0 Å². The SMILES string of the molecule is O=C(Nc1cc(F)ccc1OCC1CCCO1)C1CNCCO1. The van der Waals surface area contributed by atoms with Crippen molar-refractivity contribution < 1.29 is 23.4 Å². The van der Waals surface area contributed by atoms with Crippen molar-refractivity contribution >= 4 is 11.6 Å². The van der Waals surface area contributed by atoms with Gasteiger partial charge < -0.3 is 24.8 Å². The van der Waals surface area contributed by atoms with Crippen LogP contribution in [0.15, 0.2) is 18.2 Å². The Morgan fingerprint density at radius 2 is 2.30 bits per heavy atom. The molecule has 2 atom stereocenters. The summed E-state index contributed by atoms with van der Waals surface area (Å²) in [5.74, 6) is -0.323. The summed E-state index contributed by atoms with van der Waals surface area (Å²) in [5, 5.41) is 5.77. The van der Waals surface area contributed by atoms with Crippen molar-refractivity contribution in [3.05, 3.63) is 24.0 Å². The summed E-state index contributed by atoms with van der Waals surface area (Å²) >= 11 is 0. The number of hydrogen-bond acceptors (Lipinski definition) is 5. The first-order chi connectivity index (χ1) is 11.2. The Kier molecular flexibility index (Phi) is 5.43. The summed E-state index contributed by atoms with van der Waals surface area (Å²) < 4.78 is 30.1. The highest BCUT2D eigenvalue weighted by atomic mass is 19.1. The molecule has 2 fully saturated rings. The molecule has 1 aromatic rings. The van der Waals surface area contributed by atoms with Gasteiger partial charge in [-0.1, -0.05) is 0 Å². The largest absolute Gasteiger partial charge is 0.489 e. The fourth-order valence-electron chi connectivity index (χ4n) is 2.63. The molecule has 126 valence electrons. The third-order valence-corrected chi connectivity index (χ3v) is 3.87. The molecule has 2 saturated heterocycles. The first-order valence-electron chi connectivity index (χ1n) is 7.89. The Bertz CT molecular complexity index is 543. The number of benzene rings is 1. The smallest absolute Gasteiger partial charge is 0.254 e. The van der Waals surface area contributed by atoms with Crippen LogP contribution in [0.4, 0.5) is 10.1 Å². The molecule has 2 unspecified atom stereocenters. The topological polar surface area (TPSA) is 68.8 Å². The van der Waals surface area contributed by atoms with Gasteiger partial charge in [0.1, 0.15) is 24.3 Å². The molecule has 0 radical (unpaired) electrons. The minimum Gasteiger partial charge on any atom is -0.489 e. The number of rotatable bonds is 5. The maximum absolute atomic E-state index is 13.5. The molecule has 2 aliphatic heterocycles. The van der Waals surface area contributed by atoms with Gasteiger partial charge in [0.25, 0.3) is 5.91 Å².